The molecule has 0 aliphatic heterocycles. The van der Waals surface area contributed by atoms with Crippen molar-refractivity contribution >= 4 is 23.2 Å². The summed E-state index contributed by atoms with van der Waals surface area (Å²) in [6.45, 7) is 8.11. The van der Waals surface area contributed by atoms with Crippen molar-refractivity contribution in [1.82, 2.24) is 9.97 Å². The lowest BCUT2D eigenvalue weighted by atomic mass is 10.1. The fourth-order valence-electron chi connectivity index (χ4n) is 2.74. The second-order valence-electron chi connectivity index (χ2n) is 6.52. The summed E-state index contributed by atoms with van der Waals surface area (Å²) in [4.78, 5) is 21.0. The highest BCUT2D eigenvalue weighted by atomic mass is 16.1. The average Bonchev–Trinajstić information content (AvgIpc) is 2.57. The lowest BCUT2D eigenvalue weighted by molar-refractivity contribution is 0.102. The Hall–Kier alpha value is -3.21. The molecule has 3 rings (SSSR count). The molecule has 0 aliphatic rings. The van der Waals surface area contributed by atoms with E-state index in [1.54, 1.807) is 12.3 Å². The van der Waals surface area contributed by atoms with Gasteiger partial charge in [-0.05, 0) is 80.3 Å². The molecule has 132 valence electrons. The van der Waals surface area contributed by atoms with Crippen LogP contribution in [0.5, 0.6) is 0 Å². The zero-order valence-electron chi connectivity index (χ0n) is 15.4. The third-order valence-electron chi connectivity index (χ3n) is 4.13. The minimum absolute atomic E-state index is 0.263. The van der Waals surface area contributed by atoms with Crippen molar-refractivity contribution < 1.29 is 4.79 Å². The summed E-state index contributed by atoms with van der Waals surface area (Å²) in [6.07, 6.45) is 1.58. The molecule has 0 fully saturated rings. The van der Waals surface area contributed by atoms with Crippen molar-refractivity contribution in [1.29, 1.82) is 0 Å². The van der Waals surface area contributed by atoms with Crippen molar-refractivity contribution in [2.45, 2.75) is 27.7 Å². The molecule has 0 radical (unpaired) electrons. The van der Waals surface area contributed by atoms with Gasteiger partial charge in [-0.3, -0.25) is 4.79 Å². The first kappa shape index (κ1) is 17.6. The summed E-state index contributed by atoms with van der Waals surface area (Å²) in [5.41, 5.74) is 6.55. The Morgan fingerprint density at radius 2 is 1.58 bits per heavy atom. The van der Waals surface area contributed by atoms with Crippen LogP contribution < -0.4 is 10.6 Å². The second-order valence-corrected chi connectivity index (χ2v) is 6.52. The fourth-order valence-corrected chi connectivity index (χ4v) is 2.74. The van der Waals surface area contributed by atoms with E-state index in [1.165, 1.54) is 11.1 Å². The summed E-state index contributed by atoms with van der Waals surface area (Å²) in [6, 6.07) is 13.6. The number of amides is 1. The molecule has 1 heterocycles. The van der Waals surface area contributed by atoms with Gasteiger partial charge in [-0.1, -0.05) is 12.1 Å². The van der Waals surface area contributed by atoms with Gasteiger partial charge in [0, 0.05) is 17.6 Å². The van der Waals surface area contributed by atoms with E-state index in [1.807, 2.05) is 44.2 Å². The van der Waals surface area contributed by atoms with Crippen LogP contribution in [0, 0.1) is 27.7 Å². The van der Waals surface area contributed by atoms with Crippen LogP contribution >= 0.6 is 0 Å². The van der Waals surface area contributed by atoms with Gasteiger partial charge in [0.15, 0.2) is 0 Å². The molecule has 3 aromatic rings. The van der Waals surface area contributed by atoms with Crippen LogP contribution in [0.15, 0.2) is 48.7 Å². The van der Waals surface area contributed by atoms with Crippen molar-refractivity contribution in [2.24, 2.45) is 0 Å². The Labute approximate surface area is 153 Å². The molecule has 1 amide bonds. The molecule has 0 saturated carbocycles. The topological polar surface area (TPSA) is 66.9 Å². The van der Waals surface area contributed by atoms with Gasteiger partial charge < -0.3 is 10.6 Å². The number of carbonyl (C=O) groups excluding carboxylic acids is 1. The number of aryl methyl sites for hydroxylation is 4. The SMILES string of the molecule is Cc1cc(C)cc(NC(=O)c2ccnc(Nc3ccc(C)c(C)c3)n2)c1. The number of nitrogens with one attached hydrogen (secondary N) is 2. The Balaban J connectivity index is 1.77. The van der Waals surface area contributed by atoms with E-state index in [-0.39, 0.29) is 5.91 Å². The van der Waals surface area contributed by atoms with E-state index < -0.39 is 0 Å². The van der Waals surface area contributed by atoms with Crippen LogP contribution in [0.4, 0.5) is 17.3 Å². The van der Waals surface area contributed by atoms with Crippen LogP contribution in [-0.4, -0.2) is 15.9 Å². The van der Waals surface area contributed by atoms with E-state index in [2.05, 4.69) is 40.5 Å². The monoisotopic (exact) mass is 346 g/mol. The van der Waals surface area contributed by atoms with Gasteiger partial charge in [0.25, 0.3) is 5.91 Å². The quantitative estimate of drug-likeness (QED) is 0.718. The minimum Gasteiger partial charge on any atom is -0.324 e. The zero-order chi connectivity index (χ0) is 18.7. The third kappa shape index (κ3) is 4.25. The molecule has 0 atom stereocenters. The Bertz CT molecular complexity index is 946. The maximum Gasteiger partial charge on any atom is 0.274 e. The van der Waals surface area contributed by atoms with Crippen molar-refractivity contribution in [3.8, 4) is 0 Å². The molecule has 26 heavy (non-hydrogen) atoms. The van der Waals surface area contributed by atoms with Crippen LogP contribution in [0.25, 0.3) is 0 Å². The molecular weight excluding hydrogens is 324 g/mol. The summed E-state index contributed by atoms with van der Waals surface area (Å²) in [5, 5.41) is 6.04. The Kier molecular flexibility index (Phi) is 4.98. The number of aromatic nitrogens is 2. The normalized spacial score (nSPS) is 10.5. The summed E-state index contributed by atoms with van der Waals surface area (Å²) < 4.78 is 0. The summed E-state index contributed by atoms with van der Waals surface area (Å²) in [5.74, 6) is 0.127. The van der Waals surface area contributed by atoms with Crippen LogP contribution in [0.1, 0.15) is 32.7 Å². The first-order chi connectivity index (χ1) is 12.4. The van der Waals surface area contributed by atoms with E-state index in [0.29, 0.717) is 11.6 Å². The summed E-state index contributed by atoms with van der Waals surface area (Å²) >= 11 is 0. The highest BCUT2D eigenvalue weighted by molar-refractivity contribution is 6.03. The first-order valence-electron chi connectivity index (χ1n) is 8.48. The molecule has 0 spiro atoms. The van der Waals surface area contributed by atoms with E-state index >= 15 is 0 Å². The van der Waals surface area contributed by atoms with E-state index in [9.17, 15) is 4.79 Å². The predicted molar refractivity (Wildman–Crippen MR) is 105 cm³/mol. The number of hydrogen-bond donors (Lipinski definition) is 2. The van der Waals surface area contributed by atoms with Crippen LogP contribution in [0.3, 0.4) is 0 Å². The predicted octanol–water partition coefficient (Wildman–Crippen LogP) is 4.71. The third-order valence-corrected chi connectivity index (χ3v) is 4.13. The molecule has 0 aliphatic carbocycles. The minimum atomic E-state index is -0.263. The number of nitrogens with zero attached hydrogens (tertiary/aromatic N) is 2. The van der Waals surface area contributed by atoms with Gasteiger partial charge in [-0.25, -0.2) is 9.97 Å². The van der Waals surface area contributed by atoms with E-state index in [0.717, 1.165) is 22.5 Å². The first-order valence-corrected chi connectivity index (χ1v) is 8.48. The fraction of sp³-hybridized carbons (Fsp3) is 0.190. The maximum atomic E-state index is 12.5. The van der Waals surface area contributed by atoms with Crippen LogP contribution in [-0.2, 0) is 0 Å². The van der Waals surface area contributed by atoms with Crippen molar-refractivity contribution in [2.75, 3.05) is 10.6 Å². The molecule has 1 aromatic heterocycles. The molecule has 2 aromatic carbocycles. The van der Waals surface area contributed by atoms with E-state index in [4.69, 9.17) is 0 Å². The largest absolute Gasteiger partial charge is 0.324 e. The number of benzene rings is 2. The standard InChI is InChI=1S/C21H22N4O/c1-13-9-14(2)11-18(10-13)23-20(26)19-7-8-22-21(25-19)24-17-6-5-15(3)16(4)12-17/h5-12H,1-4H3,(H,23,26)(H,22,24,25). The van der Waals surface area contributed by atoms with Gasteiger partial charge in [0.2, 0.25) is 5.95 Å². The van der Waals surface area contributed by atoms with Gasteiger partial charge in [0.1, 0.15) is 5.69 Å². The van der Waals surface area contributed by atoms with Gasteiger partial charge in [-0.2, -0.15) is 0 Å². The number of hydrogen-bond acceptors (Lipinski definition) is 4. The van der Waals surface area contributed by atoms with Crippen LogP contribution in [0.2, 0.25) is 0 Å². The highest BCUT2D eigenvalue weighted by Crippen LogP contribution is 2.18. The average molecular weight is 346 g/mol. The lowest BCUT2D eigenvalue weighted by Crippen LogP contribution is -2.15. The Morgan fingerprint density at radius 1 is 0.846 bits per heavy atom. The maximum absolute atomic E-state index is 12.5. The Morgan fingerprint density at radius 3 is 2.27 bits per heavy atom. The number of rotatable bonds is 4. The highest BCUT2D eigenvalue weighted by Gasteiger charge is 2.10. The van der Waals surface area contributed by atoms with Gasteiger partial charge >= 0.3 is 0 Å². The smallest absolute Gasteiger partial charge is 0.274 e. The van der Waals surface area contributed by atoms with Gasteiger partial charge in [0.05, 0.1) is 0 Å². The van der Waals surface area contributed by atoms with Gasteiger partial charge in [-0.15, -0.1) is 0 Å². The molecule has 5 heteroatoms. The second kappa shape index (κ2) is 7.35. The van der Waals surface area contributed by atoms with Crippen molar-refractivity contribution in [3.63, 3.8) is 0 Å². The summed E-state index contributed by atoms with van der Waals surface area (Å²) in [7, 11) is 0. The van der Waals surface area contributed by atoms with Crippen molar-refractivity contribution in [3.05, 3.63) is 76.6 Å². The molecule has 0 unspecified atom stereocenters. The molecular formula is C21H22N4O. The molecule has 5 nitrogen and oxygen atoms in total. The molecule has 0 bridgehead atoms. The lowest BCUT2D eigenvalue weighted by Gasteiger charge is -2.09. The zero-order valence-corrected chi connectivity index (χ0v) is 15.4. The number of carbonyl (C=O) groups is 1. The molecule has 2 N–H and O–H groups in total. The molecule has 0 saturated heterocycles. The number of anilines is 3.